The molecule has 2 unspecified atom stereocenters. The Kier molecular flexibility index (Phi) is 4.09. The molecule has 6 nitrogen and oxygen atoms in total. The quantitative estimate of drug-likeness (QED) is 0.811. The summed E-state index contributed by atoms with van der Waals surface area (Å²) in [7, 11) is 0. The maximum absolute atomic E-state index is 12.3. The van der Waals surface area contributed by atoms with Crippen LogP contribution in [0.25, 0.3) is 11.4 Å². The molecule has 4 N–H and O–H groups in total. The number of nitrogen functional groups attached to an aromatic ring is 1. The molecule has 116 valence electrons. The minimum Gasteiger partial charge on any atom is -0.366 e. The monoisotopic (exact) mass is 299 g/mol. The summed E-state index contributed by atoms with van der Waals surface area (Å²) < 4.78 is 0. The van der Waals surface area contributed by atoms with Crippen molar-refractivity contribution in [3.05, 3.63) is 24.3 Å². The van der Waals surface area contributed by atoms with Gasteiger partial charge in [0.1, 0.15) is 0 Å². The molecule has 1 saturated carbocycles. The Hall–Kier alpha value is -2.37. The number of nitrogens with two attached hydrogens (primary N) is 1. The average Bonchev–Trinajstić information content (AvgIpc) is 2.94. The molecule has 0 spiro atoms. The van der Waals surface area contributed by atoms with Crippen molar-refractivity contribution in [2.24, 2.45) is 11.8 Å². The molecular weight excluding hydrogens is 278 g/mol. The zero-order chi connectivity index (χ0) is 15.5. The standard InChI is InChI=1S/C16H21N5O/c1-10-3-2-4-12(9-10)15(22)18-13-7-5-11(6-8-13)14-19-16(17)21-20-14/h5-8,10,12H,2-4,9H2,1H3,(H,18,22)(H3,17,19,20,21). The van der Waals surface area contributed by atoms with E-state index in [4.69, 9.17) is 5.73 Å². The Morgan fingerprint density at radius 1 is 1.32 bits per heavy atom. The van der Waals surface area contributed by atoms with Gasteiger partial charge in [-0.25, -0.2) is 0 Å². The number of aromatic nitrogens is 3. The third-order valence-electron chi connectivity index (χ3n) is 4.24. The van der Waals surface area contributed by atoms with Gasteiger partial charge >= 0.3 is 0 Å². The van der Waals surface area contributed by atoms with Crippen molar-refractivity contribution >= 4 is 17.5 Å². The highest BCUT2D eigenvalue weighted by Gasteiger charge is 2.24. The highest BCUT2D eigenvalue weighted by Crippen LogP contribution is 2.29. The Morgan fingerprint density at radius 3 is 2.73 bits per heavy atom. The molecule has 0 radical (unpaired) electrons. The molecule has 0 aliphatic heterocycles. The van der Waals surface area contributed by atoms with Crippen LogP contribution >= 0.6 is 0 Å². The van der Waals surface area contributed by atoms with Gasteiger partial charge in [-0.1, -0.05) is 19.8 Å². The Labute approximate surface area is 129 Å². The van der Waals surface area contributed by atoms with E-state index in [2.05, 4.69) is 27.4 Å². The molecule has 0 saturated heterocycles. The summed E-state index contributed by atoms with van der Waals surface area (Å²) in [6.45, 7) is 2.22. The van der Waals surface area contributed by atoms with Gasteiger partial charge in [-0.05, 0) is 43.0 Å². The van der Waals surface area contributed by atoms with Crippen molar-refractivity contribution in [1.82, 2.24) is 15.2 Å². The van der Waals surface area contributed by atoms with Gasteiger partial charge in [0, 0.05) is 17.2 Å². The van der Waals surface area contributed by atoms with Crippen molar-refractivity contribution in [3.63, 3.8) is 0 Å². The number of aromatic amines is 1. The summed E-state index contributed by atoms with van der Waals surface area (Å²) in [5, 5.41) is 9.58. The number of nitrogens with one attached hydrogen (secondary N) is 2. The number of H-pyrrole nitrogens is 1. The van der Waals surface area contributed by atoms with E-state index < -0.39 is 0 Å². The summed E-state index contributed by atoms with van der Waals surface area (Å²) in [6.07, 6.45) is 4.36. The number of anilines is 2. The first-order valence-electron chi connectivity index (χ1n) is 7.71. The number of hydrogen-bond acceptors (Lipinski definition) is 4. The number of carbonyl (C=O) groups is 1. The lowest BCUT2D eigenvalue weighted by Gasteiger charge is -2.25. The molecule has 1 aliphatic rings. The van der Waals surface area contributed by atoms with Crippen LogP contribution in [0.3, 0.4) is 0 Å². The number of benzene rings is 1. The normalized spacial score (nSPS) is 21.5. The summed E-state index contributed by atoms with van der Waals surface area (Å²) in [5.41, 5.74) is 7.18. The van der Waals surface area contributed by atoms with Gasteiger partial charge in [0.2, 0.25) is 11.9 Å². The van der Waals surface area contributed by atoms with Crippen LogP contribution in [0, 0.1) is 11.8 Å². The van der Waals surface area contributed by atoms with Gasteiger partial charge in [-0.15, -0.1) is 5.10 Å². The second kappa shape index (κ2) is 6.17. The lowest BCUT2D eigenvalue weighted by atomic mass is 9.82. The average molecular weight is 299 g/mol. The van der Waals surface area contributed by atoms with Crippen LogP contribution in [0.15, 0.2) is 24.3 Å². The first kappa shape index (κ1) is 14.6. The summed E-state index contributed by atoms with van der Waals surface area (Å²) >= 11 is 0. The van der Waals surface area contributed by atoms with Gasteiger partial charge in [0.05, 0.1) is 0 Å². The predicted octanol–water partition coefficient (Wildman–Crippen LogP) is 2.82. The molecule has 2 aromatic rings. The third-order valence-corrected chi connectivity index (χ3v) is 4.24. The van der Waals surface area contributed by atoms with Gasteiger partial charge < -0.3 is 11.1 Å². The molecule has 2 atom stereocenters. The molecule has 1 heterocycles. The topological polar surface area (TPSA) is 96.7 Å². The van der Waals surface area contributed by atoms with E-state index in [9.17, 15) is 4.79 Å². The van der Waals surface area contributed by atoms with Crippen molar-refractivity contribution in [3.8, 4) is 11.4 Å². The molecule has 1 fully saturated rings. The van der Waals surface area contributed by atoms with E-state index in [1.54, 1.807) is 0 Å². The van der Waals surface area contributed by atoms with Gasteiger partial charge in [-0.3, -0.25) is 9.89 Å². The fourth-order valence-corrected chi connectivity index (χ4v) is 3.03. The van der Waals surface area contributed by atoms with Crippen LogP contribution in [0.2, 0.25) is 0 Å². The Bertz CT molecular complexity index is 649. The third kappa shape index (κ3) is 3.27. The van der Waals surface area contributed by atoms with E-state index in [0.717, 1.165) is 30.5 Å². The Balaban J connectivity index is 1.64. The molecule has 3 rings (SSSR count). The fourth-order valence-electron chi connectivity index (χ4n) is 3.03. The lowest BCUT2D eigenvalue weighted by molar-refractivity contribution is -0.121. The first-order valence-corrected chi connectivity index (χ1v) is 7.71. The van der Waals surface area contributed by atoms with Gasteiger partial charge in [0.25, 0.3) is 0 Å². The number of amides is 1. The highest BCUT2D eigenvalue weighted by molar-refractivity contribution is 5.92. The molecule has 1 aliphatic carbocycles. The zero-order valence-electron chi connectivity index (χ0n) is 12.7. The SMILES string of the molecule is CC1CCCC(C(=O)Nc2ccc(-c3nc(N)n[nH]3)cc2)C1. The molecule has 6 heteroatoms. The van der Waals surface area contributed by atoms with E-state index >= 15 is 0 Å². The van der Waals surface area contributed by atoms with Gasteiger partial charge in [0.15, 0.2) is 5.82 Å². The zero-order valence-corrected chi connectivity index (χ0v) is 12.7. The fraction of sp³-hybridized carbons (Fsp3) is 0.438. The minimum atomic E-state index is 0.128. The van der Waals surface area contributed by atoms with Gasteiger partial charge in [-0.2, -0.15) is 4.98 Å². The molecule has 22 heavy (non-hydrogen) atoms. The van der Waals surface area contributed by atoms with Crippen LogP contribution in [0.4, 0.5) is 11.6 Å². The van der Waals surface area contributed by atoms with Crippen LogP contribution in [0.5, 0.6) is 0 Å². The number of nitrogens with zero attached hydrogens (tertiary/aromatic N) is 2. The largest absolute Gasteiger partial charge is 0.366 e. The molecule has 0 bridgehead atoms. The predicted molar refractivity (Wildman–Crippen MR) is 86.0 cm³/mol. The van der Waals surface area contributed by atoms with Crippen LogP contribution in [0.1, 0.15) is 32.6 Å². The van der Waals surface area contributed by atoms with E-state index in [0.29, 0.717) is 11.7 Å². The van der Waals surface area contributed by atoms with E-state index in [1.807, 2.05) is 24.3 Å². The molecule has 1 aromatic heterocycles. The number of hydrogen-bond donors (Lipinski definition) is 3. The maximum Gasteiger partial charge on any atom is 0.239 e. The van der Waals surface area contributed by atoms with Crippen molar-refractivity contribution in [2.45, 2.75) is 32.6 Å². The number of carbonyl (C=O) groups excluding carboxylic acids is 1. The second-order valence-corrected chi connectivity index (χ2v) is 6.08. The summed E-state index contributed by atoms with van der Waals surface area (Å²) in [5.74, 6) is 1.75. The first-order chi connectivity index (χ1) is 10.6. The minimum absolute atomic E-state index is 0.128. The smallest absolute Gasteiger partial charge is 0.239 e. The molecule has 1 amide bonds. The highest BCUT2D eigenvalue weighted by atomic mass is 16.1. The molecule has 1 aromatic carbocycles. The van der Waals surface area contributed by atoms with Crippen LogP contribution < -0.4 is 11.1 Å². The Morgan fingerprint density at radius 2 is 2.09 bits per heavy atom. The van der Waals surface area contributed by atoms with Crippen molar-refractivity contribution in [2.75, 3.05) is 11.1 Å². The van der Waals surface area contributed by atoms with Crippen molar-refractivity contribution < 1.29 is 4.79 Å². The maximum atomic E-state index is 12.3. The second-order valence-electron chi connectivity index (χ2n) is 6.08. The van der Waals surface area contributed by atoms with E-state index in [-0.39, 0.29) is 17.8 Å². The van der Waals surface area contributed by atoms with Crippen LogP contribution in [-0.4, -0.2) is 21.1 Å². The lowest BCUT2D eigenvalue weighted by Crippen LogP contribution is -2.27. The van der Waals surface area contributed by atoms with Crippen molar-refractivity contribution in [1.29, 1.82) is 0 Å². The molecular formula is C16H21N5O. The van der Waals surface area contributed by atoms with E-state index in [1.165, 1.54) is 6.42 Å². The number of rotatable bonds is 3. The summed E-state index contributed by atoms with van der Waals surface area (Å²) in [6, 6.07) is 7.52. The van der Waals surface area contributed by atoms with Crippen LogP contribution in [-0.2, 0) is 4.79 Å². The summed E-state index contributed by atoms with van der Waals surface area (Å²) in [4.78, 5) is 16.4.